The van der Waals surface area contributed by atoms with E-state index in [0.29, 0.717) is 22.6 Å². The topological polar surface area (TPSA) is 69.0 Å². The lowest BCUT2D eigenvalue weighted by Gasteiger charge is -2.04. The summed E-state index contributed by atoms with van der Waals surface area (Å²) in [5.74, 6) is -0.479. The summed E-state index contributed by atoms with van der Waals surface area (Å²) in [7, 11) is 3.18. The molecule has 0 fully saturated rings. The number of nitrogens with one attached hydrogen (secondary N) is 1. The van der Waals surface area contributed by atoms with Gasteiger partial charge >= 0.3 is 0 Å². The fourth-order valence-electron chi connectivity index (χ4n) is 2.44. The summed E-state index contributed by atoms with van der Waals surface area (Å²) in [6.07, 6.45) is 1.56. The van der Waals surface area contributed by atoms with Gasteiger partial charge in [-0.3, -0.25) is 4.79 Å². The second-order valence-corrected chi connectivity index (χ2v) is 5.10. The Hall–Kier alpha value is -2.96. The first-order valence-corrected chi connectivity index (χ1v) is 6.94. The Morgan fingerprint density at radius 1 is 1.35 bits per heavy atom. The minimum absolute atomic E-state index is 0.172. The number of anilines is 1. The number of aryl methyl sites for hydroxylation is 1. The molecule has 0 aliphatic carbocycles. The van der Waals surface area contributed by atoms with Crippen LogP contribution in [-0.2, 0) is 11.8 Å². The SMILES string of the molecule is COc1ccc(-c2nn(C)c3ncc(NC(C)=O)cc23)cc1F. The maximum absolute atomic E-state index is 14.0. The van der Waals surface area contributed by atoms with Crippen LogP contribution in [0.2, 0.25) is 0 Å². The molecule has 0 aliphatic heterocycles. The number of hydrogen-bond acceptors (Lipinski definition) is 4. The van der Waals surface area contributed by atoms with Gasteiger partial charge in [0.25, 0.3) is 0 Å². The average Bonchev–Trinajstić information content (AvgIpc) is 2.83. The molecule has 2 aromatic heterocycles. The molecule has 0 bridgehead atoms. The zero-order valence-corrected chi connectivity index (χ0v) is 12.9. The van der Waals surface area contributed by atoms with Crippen molar-refractivity contribution in [1.82, 2.24) is 14.8 Å². The standard InChI is InChI=1S/C16H15FN4O2/c1-9(22)19-11-7-12-15(20-21(2)16(12)18-8-11)10-4-5-14(23-3)13(17)6-10/h4-8H,1-3H3,(H,19,22). The molecule has 2 heterocycles. The summed E-state index contributed by atoms with van der Waals surface area (Å²) < 4.78 is 20.5. The number of ether oxygens (including phenoxy) is 1. The van der Waals surface area contributed by atoms with Gasteiger partial charge in [-0.2, -0.15) is 5.10 Å². The van der Waals surface area contributed by atoms with Crippen LogP contribution in [0.3, 0.4) is 0 Å². The number of carbonyl (C=O) groups excluding carboxylic acids is 1. The predicted octanol–water partition coefficient (Wildman–Crippen LogP) is 2.74. The van der Waals surface area contributed by atoms with E-state index in [9.17, 15) is 9.18 Å². The molecular formula is C16H15FN4O2. The molecule has 7 heteroatoms. The Labute approximate surface area is 131 Å². The zero-order chi connectivity index (χ0) is 16.6. The van der Waals surface area contributed by atoms with Gasteiger partial charge in [0, 0.05) is 24.9 Å². The Kier molecular flexibility index (Phi) is 3.69. The number of halogens is 1. The molecule has 23 heavy (non-hydrogen) atoms. The highest BCUT2D eigenvalue weighted by Crippen LogP contribution is 2.30. The van der Waals surface area contributed by atoms with Crippen LogP contribution in [-0.4, -0.2) is 27.8 Å². The number of carbonyl (C=O) groups is 1. The minimum Gasteiger partial charge on any atom is -0.494 e. The van der Waals surface area contributed by atoms with Crippen LogP contribution in [0.4, 0.5) is 10.1 Å². The lowest BCUT2D eigenvalue weighted by Crippen LogP contribution is -2.05. The van der Waals surface area contributed by atoms with E-state index < -0.39 is 5.82 Å². The Balaban J connectivity index is 2.16. The van der Waals surface area contributed by atoms with Gasteiger partial charge in [0.15, 0.2) is 17.2 Å². The van der Waals surface area contributed by atoms with Crippen LogP contribution in [0, 0.1) is 5.82 Å². The lowest BCUT2D eigenvalue weighted by atomic mass is 10.1. The number of aromatic nitrogens is 3. The molecule has 0 radical (unpaired) electrons. The van der Waals surface area contributed by atoms with Crippen LogP contribution in [0.5, 0.6) is 5.75 Å². The van der Waals surface area contributed by atoms with E-state index in [1.165, 1.54) is 20.1 Å². The van der Waals surface area contributed by atoms with E-state index in [-0.39, 0.29) is 11.7 Å². The van der Waals surface area contributed by atoms with Gasteiger partial charge in [-0.05, 0) is 24.3 Å². The van der Waals surface area contributed by atoms with Gasteiger partial charge in [-0.15, -0.1) is 0 Å². The van der Waals surface area contributed by atoms with Crippen molar-refractivity contribution in [3.05, 3.63) is 36.3 Å². The number of methoxy groups -OCH3 is 1. The number of amides is 1. The largest absolute Gasteiger partial charge is 0.494 e. The third kappa shape index (κ3) is 2.73. The molecule has 6 nitrogen and oxygen atoms in total. The van der Waals surface area contributed by atoms with Crippen molar-refractivity contribution < 1.29 is 13.9 Å². The van der Waals surface area contributed by atoms with Crippen LogP contribution >= 0.6 is 0 Å². The van der Waals surface area contributed by atoms with E-state index in [4.69, 9.17) is 4.74 Å². The van der Waals surface area contributed by atoms with Gasteiger partial charge in [-0.25, -0.2) is 14.1 Å². The minimum atomic E-state index is -0.463. The van der Waals surface area contributed by atoms with E-state index in [1.807, 2.05) is 0 Å². The Bertz CT molecular complexity index is 904. The van der Waals surface area contributed by atoms with Crippen LogP contribution in [0.25, 0.3) is 22.3 Å². The van der Waals surface area contributed by atoms with E-state index in [1.54, 1.807) is 36.1 Å². The molecule has 1 aromatic carbocycles. The van der Waals surface area contributed by atoms with Gasteiger partial charge in [-0.1, -0.05) is 0 Å². The Morgan fingerprint density at radius 2 is 2.13 bits per heavy atom. The molecule has 3 rings (SSSR count). The summed E-state index contributed by atoms with van der Waals surface area (Å²) in [5.41, 5.74) is 2.40. The van der Waals surface area contributed by atoms with Crippen molar-refractivity contribution in [3.63, 3.8) is 0 Å². The predicted molar refractivity (Wildman–Crippen MR) is 84.8 cm³/mol. The molecule has 0 saturated heterocycles. The molecule has 1 N–H and O–H groups in total. The van der Waals surface area contributed by atoms with E-state index in [0.717, 1.165) is 5.39 Å². The maximum atomic E-state index is 14.0. The molecule has 0 aliphatic rings. The molecule has 0 saturated carbocycles. The first-order chi connectivity index (χ1) is 11.0. The quantitative estimate of drug-likeness (QED) is 0.807. The van der Waals surface area contributed by atoms with Crippen molar-refractivity contribution in [3.8, 4) is 17.0 Å². The smallest absolute Gasteiger partial charge is 0.221 e. The number of benzene rings is 1. The fraction of sp³-hybridized carbons (Fsp3) is 0.188. The normalized spacial score (nSPS) is 10.8. The van der Waals surface area contributed by atoms with Gasteiger partial charge in [0.05, 0.1) is 19.0 Å². The van der Waals surface area contributed by atoms with Crippen molar-refractivity contribution in [2.45, 2.75) is 6.92 Å². The fourth-order valence-corrected chi connectivity index (χ4v) is 2.44. The summed E-state index contributed by atoms with van der Waals surface area (Å²) >= 11 is 0. The molecule has 0 spiro atoms. The molecule has 0 atom stereocenters. The molecule has 1 amide bonds. The maximum Gasteiger partial charge on any atom is 0.221 e. The van der Waals surface area contributed by atoms with Crippen molar-refractivity contribution in [2.24, 2.45) is 7.05 Å². The van der Waals surface area contributed by atoms with Gasteiger partial charge < -0.3 is 10.1 Å². The summed E-state index contributed by atoms with van der Waals surface area (Å²) in [6, 6.07) is 6.42. The third-order valence-electron chi connectivity index (χ3n) is 3.42. The number of pyridine rings is 1. The highest BCUT2D eigenvalue weighted by Gasteiger charge is 2.15. The number of fused-ring (bicyclic) bond motifs is 1. The first kappa shape index (κ1) is 15.0. The van der Waals surface area contributed by atoms with Gasteiger partial charge in [0.2, 0.25) is 5.91 Å². The summed E-state index contributed by atoms with van der Waals surface area (Å²) in [5, 5.41) is 7.82. The second-order valence-electron chi connectivity index (χ2n) is 5.10. The molecule has 3 aromatic rings. The highest BCUT2D eigenvalue weighted by atomic mass is 19.1. The number of hydrogen-bond donors (Lipinski definition) is 1. The second kappa shape index (κ2) is 5.68. The lowest BCUT2D eigenvalue weighted by molar-refractivity contribution is -0.114. The number of nitrogens with zero attached hydrogens (tertiary/aromatic N) is 3. The Morgan fingerprint density at radius 3 is 2.78 bits per heavy atom. The molecule has 118 valence electrons. The van der Waals surface area contributed by atoms with E-state index >= 15 is 0 Å². The number of rotatable bonds is 3. The average molecular weight is 314 g/mol. The third-order valence-corrected chi connectivity index (χ3v) is 3.42. The molecule has 0 unspecified atom stereocenters. The first-order valence-electron chi connectivity index (χ1n) is 6.94. The van der Waals surface area contributed by atoms with E-state index in [2.05, 4.69) is 15.4 Å². The van der Waals surface area contributed by atoms with Crippen LogP contribution in [0.15, 0.2) is 30.5 Å². The summed E-state index contributed by atoms with van der Waals surface area (Å²) in [6.45, 7) is 1.42. The van der Waals surface area contributed by atoms with Crippen molar-refractivity contribution in [2.75, 3.05) is 12.4 Å². The monoisotopic (exact) mass is 314 g/mol. The van der Waals surface area contributed by atoms with Crippen LogP contribution < -0.4 is 10.1 Å². The summed E-state index contributed by atoms with van der Waals surface area (Å²) in [4.78, 5) is 15.5. The van der Waals surface area contributed by atoms with Gasteiger partial charge in [0.1, 0.15) is 5.69 Å². The zero-order valence-electron chi connectivity index (χ0n) is 12.9. The van der Waals surface area contributed by atoms with Crippen molar-refractivity contribution in [1.29, 1.82) is 0 Å². The van der Waals surface area contributed by atoms with Crippen molar-refractivity contribution >= 4 is 22.6 Å². The molecular weight excluding hydrogens is 299 g/mol. The highest BCUT2D eigenvalue weighted by molar-refractivity contribution is 5.96. The van der Waals surface area contributed by atoms with Crippen LogP contribution in [0.1, 0.15) is 6.92 Å².